The Hall–Kier alpha value is -3.62. The average Bonchev–Trinajstić information content (AvgIpc) is 3.18. The maximum Gasteiger partial charge on any atom is 0.337 e. The van der Waals surface area contributed by atoms with E-state index >= 15 is 0 Å². The molecule has 0 radical (unpaired) electrons. The predicted octanol–water partition coefficient (Wildman–Crippen LogP) is 1.44. The molecule has 3 N–H and O–H groups in total. The number of hydrogen-bond donors (Lipinski definition) is 3. The number of aromatic nitrogens is 1. The second-order valence-electron chi connectivity index (χ2n) is 5.37. The summed E-state index contributed by atoms with van der Waals surface area (Å²) in [6.07, 6.45) is 2.77. The van der Waals surface area contributed by atoms with Crippen LogP contribution < -0.4 is 20.9 Å². The zero-order valence-corrected chi connectivity index (χ0v) is 13.9. The van der Waals surface area contributed by atoms with Crippen LogP contribution in [0.4, 0.5) is 10.5 Å². The first kappa shape index (κ1) is 17.2. The topological polar surface area (TPSA) is 114 Å². The summed E-state index contributed by atoms with van der Waals surface area (Å²) in [5.74, 6) is 0.171. The van der Waals surface area contributed by atoms with Crippen LogP contribution in [-0.4, -0.2) is 35.8 Å². The van der Waals surface area contributed by atoms with Crippen LogP contribution in [0.15, 0.2) is 53.9 Å². The highest BCUT2D eigenvalue weighted by atomic mass is 16.6. The predicted molar refractivity (Wildman–Crippen MR) is 93.6 cm³/mol. The van der Waals surface area contributed by atoms with E-state index in [0.717, 1.165) is 5.56 Å². The number of hydrogen-bond acceptors (Lipinski definition) is 6. The van der Waals surface area contributed by atoms with Gasteiger partial charge in [-0.2, -0.15) is 0 Å². The van der Waals surface area contributed by atoms with Crippen LogP contribution in [0.25, 0.3) is 0 Å². The van der Waals surface area contributed by atoms with E-state index < -0.39 is 18.0 Å². The van der Waals surface area contributed by atoms with Crippen molar-refractivity contribution in [2.75, 3.05) is 12.4 Å². The Labute approximate surface area is 149 Å². The minimum atomic E-state index is -0.813. The summed E-state index contributed by atoms with van der Waals surface area (Å²) in [7, 11) is 1.55. The van der Waals surface area contributed by atoms with Crippen LogP contribution in [-0.2, 0) is 9.63 Å². The highest BCUT2D eigenvalue weighted by Gasteiger charge is 2.29. The molecule has 1 atom stereocenters. The standard InChI is InChI=1S/C17H17N5O4/c1-25-13-6-4-12(5-7-13)19-17(24)21-20-16(23)15-9-14(22-26-15)11-3-2-8-18-10-11/h2-8,10,15H,9H2,1H3,(H,20,23)(H2,19,21,24). The number of nitrogens with zero attached hydrogens (tertiary/aromatic N) is 2. The van der Waals surface area contributed by atoms with Gasteiger partial charge in [-0.1, -0.05) is 5.16 Å². The van der Waals surface area contributed by atoms with Crippen molar-refractivity contribution in [1.29, 1.82) is 0 Å². The van der Waals surface area contributed by atoms with Crippen LogP contribution in [0, 0.1) is 0 Å². The highest BCUT2D eigenvalue weighted by molar-refractivity contribution is 6.04. The first-order valence-electron chi connectivity index (χ1n) is 7.79. The van der Waals surface area contributed by atoms with E-state index in [-0.39, 0.29) is 0 Å². The summed E-state index contributed by atoms with van der Waals surface area (Å²) in [6, 6.07) is 9.78. The van der Waals surface area contributed by atoms with E-state index in [1.165, 1.54) is 0 Å². The maximum atomic E-state index is 12.1. The van der Waals surface area contributed by atoms with Gasteiger partial charge in [-0.05, 0) is 36.4 Å². The zero-order chi connectivity index (χ0) is 18.4. The number of rotatable bonds is 4. The van der Waals surface area contributed by atoms with Crippen molar-refractivity contribution in [3.63, 3.8) is 0 Å². The molecule has 0 saturated carbocycles. The average molecular weight is 355 g/mol. The molecule has 9 nitrogen and oxygen atoms in total. The second-order valence-corrected chi connectivity index (χ2v) is 5.37. The smallest absolute Gasteiger partial charge is 0.337 e. The fraction of sp³-hybridized carbons (Fsp3) is 0.176. The molecule has 0 aliphatic carbocycles. The summed E-state index contributed by atoms with van der Waals surface area (Å²) in [6.45, 7) is 0. The molecule has 9 heteroatoms. The highest BCUT2D eigenvalue weighted by Crippen LogP contribution is 2.16. The van der Waals surface area contributed by atoms with Crippen LogP contribution in [0.3, 0.4) is 0 Å². The van der Waals surface area contributed by atoms with Gasteiger partial charge >= 0.3 is 6.03 Å². The number of amides is 3. The van der Waals surface area contributed by atoms with Crippen molar-refractivity contribution in [3.05, 3.63) is 54.4 Å². The molecule has 3 rings (SSSR count). The molecular formula is C17H17N5O4. The lowest BCUT2D eigenvalue weighted by atomic mass is 10.1. The van der Waals surface area contributed by atoms with E-state index in [1.54, 1.807) is 49.8 Å². The van der Waals surface area contributed by atoms with Gasteiger partial charge in [0.05, 0.1) is 12.8 Å². The Balaban J connectivity index is 1.45. The third-order valence-electron chi connectivity index (χ3n) is 3.60. The zero-order valence-electron chi connectivity index (χ0n) is 13.9. The summed E-state index contributed by atoms with van der Waals surface area (Å²) in [4.78, 5) is 33.0. The van der Waals surface area contributed by atoms with Gasteiger partial charge in [0.1, 0.15) is 5.75 Å². The van der Waals surface area contributed by atoms with Crippen molar-refractivity contribution in [2.45, 2.75) is 12.5 Å². The first-order valence-corrected chi connectivity index (χ1v) is 7.79. The summed E-state index contributed by atoms with van der Waals surface area (Å²) < 4.78 is 5.04. The Morgan fingerprint density at radius 1 is 1.19 bits per heavy atom. The molecule has 2 aromatic rings. The van der Waals surface area contributed by atoms with E-state index in [0.29, 0.717) is 23.6 Å². The molecule has 0 spiro atoms. The van der Waals surface area contributed by atoms with E-state index in [9.17, 15) is 9.59 Å². The lowest BCUT2D eigenvalue weighted by Gasteiger charge is -2.11. The van der Waals surface area contributed by atoms with Gasteiger partial charge in [0.2, 0.25) is 6.10 Å². The van der Waals surface area contributed by atoms with Gasteiger partial charge in [0, 0.05) is 30.1 Å². The molecule has 0 fully saturated rings. The second kappa shape index (κ2) is 7.97. The van der Waals surface area contributed by atoms with Gasteiger partial charge in [-0.15, -0.1) is 0 Å². The number of carbonyl (C=O) groups is 2. The SMILES string of the molecule is COc1ccc(NC(=O)NNC(=O)C2CC(c3cccnc3)=NO2)cc1. The number of carbonyl (C=O) groups excluding carboxylic acids is 2. The summed E-state index contributed by atoms with van der Waals surface area (Å²) >= 11 is 0. The van der Waals surface area contributed by atoms with Crippen LogP contribution in [0.1, 0.15) is 12.0 Å². The molecule has 26 heavy (non-hydrogen) atoms. The lowest BCUT2D eigenvalue weighted by molar-refractivity contribution is -0.131. The van der Waals surface area contributed by atoms with Crippen molar-refractivity contribution < 1.29 is 19.2 Å². The van der Waals surface area contributed by atoms with Gasteiger partial charge in [-0.25, -0.2) is 10.2 Å². The van der Waals surface area contributed by atoms with Gasteiger partial charge in [0.15, 0.2) is 0 Å². The molecule has 1 aliphatic rings. The van der Waals surface area contributed by atoms with Crippen molar-refractivity contribution in [3.8, 4) is 5.75 Å². The number of ether oxygens (including phenoxy) is 1. The molecule has 1 aromatic carbocycles. The molecule has 2 heterocycles. The van der Waals surface area contributed by atoms with Crippen molar-refractivity contribution in [1.82, 2.24) is 15.8 Å². The normalized spacial score (nSPS) is 15.4. The van der Waals surface area contributed by atoms with Crippen molar-refractivity contribution in [2.24, 2.45) is 5.16 Å². The minimum Gasteiger partial charge on any atom is -0.497 e. The molecular weight excluding hydrogens is 338 g/mol. The monoisotopic (exact) mass is 355 g/mol. The lowest BCUT2D eigenvalue weighted by Crippen LogP contribution is -2.48. The first-order chi connectivity index (χ1) is 12.7. The molecule has 0 saturated heterocycles. The number of oxime groups is 1. The number of methoxy groups -OCH3 is 1. The number of anilines is 1. The molecule has 0 bridgehead atoms. The molecule has 1 aliphatic heterocycles. The van der Waals surface area contributed by atoms with Crippen LogP contribution >= 0.6 is 0 Å². The fourth-order valence-electron chi connectivity index (χ4n) is 2.26. The summed E-state index contributed by atoms with van der Waals surface area (Å²) in [5, 5.41) is 6.47. The third-order valence-corrected chi connectivity index (χ3v) is 3.60. The number of benzene rings is 1. The Morgan fingerprint density at radius 2 is 2.00 bits per heavy atom. The maximum absolute atomic E-state index is 12.1. The molecule has 3 amide bonds. The number of urea groups is 1. The number of nitrogens with one attached hydrogen (secondary N) is 3. The fourth-order valence-corrected chi connectivity index (χ4v) is 2.26. The van der Waals surface area contributed by atoms with E-state index in [2.05, 4.69) is 26.3 Å². The van der Waals surface area contributed by atoms with Gasteiger partial charge < -0.3 is 14.9 Å². The summed E-state index contributed by atoms with van der Waals surface area (Å²) in [5.41, 5.74) is 6.53. The Morgan fingerprint density at radius 3 is 2.69 bits per heavy atom. The Bertz CT molecular complexity index is 808. The Kier molecular flexibility index (Phi) is 5.28. The minimum absolute atomic E-state index is 0.291. The molecule has 1 aromatic heterocycles. The van der Waals surface area contributed by atoms with Crippen LogP contribution in [0.2, 0.25) is 0 Å². The van der Waals surface area contributed by atoms with Gasteiger partial charge in [0.25, 0.3) is 5.91 Å². The third kappa shape index (κ3) is 4.26. The quantitative estimate of drug-likeness (QED) is 0.718. The van der Waals surface area contributed by atoms with Gasteiger partial charge in [-0.3, -0.25) is 15.2 Å². The van der Waals surface area contributed by atoms with E-state index in [4.69, 9.17) is 9.57 Å². The van der Waals surface area contributed by atoms with Crippen LogP contribution in [0.5, 0.6) is 5.75 Å². The molecule has 134 valence electrons. The van der Waals surface area contributed by atoms with Crippen molar-refractivity contribution >= 4 is 23.3 Å². The number of pyridine rings is 1. The van der Waals surface area contributed by atoms with E-state index in [1.807, 2.05) is 6.07 Å². The largest absolute Gasteiger partial charge is 0.497 e. The number of hydrazine groups is 1. The molecule has 1 unspecified atom stereocenters.